The summed E-state index contributed by atoms with van der Waals surface area (Å²) in [5.41, 5.74) is 7.66. The number of amides is 1. The number of carbonyl (C=O) groups excluding carboxylic acids is 1. The molecule has 5 nitrogen and oxygen atoms in total. The van der Waals surface area contributed by atoms with Crippen LogP contribution in [0.2, 0.25) is 0 Å². The molecule has 2 aromatic rings. The Kier molecular flexibility index (Phi) is 4.66. The molecule has 0 aliphatic carbocycles. The number of nitrogen functional groups attached to an aromatic ring is 1. The fourth-order valence-electron chi connectivity index (χ4n) is 2.73. The van der Waals surface area contributed by atoms with Crippen molar-refractivity contribution in [3.05, 3.63) is 54.5 Å². The van der Waals surface area contributed by atoms with Crippen LogP contribution >= 0.6 is 0 Å². The van der Waals surface area contributed by atoms with E-state index < -0.39 is 0 Å². The van der Waals surface area contributed by atoms with Gasteiger partial charge in [-0.3, -0.25) is 4.79 Å². The van der Waals surface area contributed by atoms with Gasteiger partial charge in [0.25, 0.3) is 0 Å². The minimum absolute atomic E-state index is 0.0283. The van der Waals surface area contributed by atoms with Crippen LogP contribution in [0, 0.1) is 0 Å². The van der Waals surface area contributed by atoms with Crippen molar-refractivity contribution in [2.45, 2.75) is 6.42 Å². The first kappa shape index (κ1) is 15.2. The van der Waals surface area contributed by atoms with E-state index >= 15 is 0 Å². The lowest BCUT2D eigenvalue weighted by molar-refractivity contribution is -0.125. The third kappa shape index (κ3) is 3.94. The van der Waals surface area contributed by atoms with Gasteiger partial charge < -0.3 is 20.0 Å². The Balaban J connectivity index is 1.59. The average Bonchev–Trinajstić information content (AvgIpc) is 2.96. The maximum absolute atomic E-state index is 12.3. The third-order valence-electron chi connectivity index (χ3n) is 4.00. The minimum Gasteiger partial charge on any atom is -0.465 e. The van der Waals surface area contributed by atoms with E-state index in [1.807, 2.05) is 35.2 Å². The topological polar surface area (TPSA) is 62.7 Å². The molecule has 23 heavy (non-hydrogen) atoms. The molecule has 5 heteroatoms. The highest BCUT2D eigenvalue weighted by Gasteiger charge is 2.17. The standard InChI is InChI=1S/C18H21N3O2/c19-15-4-6-16(7-5-15)20-10-2-11-21(13-12-20)18(22)9-8-17-3-1-14-23-17/h1,3-9,14H,2,10-13,19H2/b9-8+. The first-order valence-electron chi connectivity index (χ1n) is 7.83. The van der Waals surface area contributed by atoms with Crippen molar-refractivity contribution in [2.75, 3.05) is 36.8 Å². The number of benzene rings is 1. The van der Waals surface area contributed by atoms with Gasteiger partial charge in [0.2, 0.25) is 5.91 Å². The Bertz CT molecular complexity index is 662. The van der Waals surface area contributed by atoms with Gasteiger partial charge in [-0.15, -0.1) is 0 Å². The van der Waals surface area contributed by atoms with Gasteiger partial charge in [-0.25, -0.2) is 0 Å². The Morgan fingerprint density at radius 3 is 2.65 bits per heavy atom. The average molecular weight is 311 g/mol. The highest BCUT2D eigenvalue weighted by atomic mass is 16.3. The quantitative estimate of drug-likeness (QED) is 0.699. The van der Waals surface area contributed by atoms with E-state index in [4.69, 9.17) is 10.2 Å². The molecule has 2 N–H and O–H groups in total. The lowest BCUT2D eigenvalue weighted by atomic mass is 10.2. The molecular weight excluding hydrogens is 290 g/mol. The highest BCUT2D eigenvalue weighted by molar-refractivity contribution is 5.91. The zero-order valence-corrected chi connectivity index (χ0v) is 13.0. The van der Waals surface area contributed by atoms with Gasteiger partial charge in [0.05, 0.1) is 6.26 Å². The summed E-state index contributed by atoms with van der Waals surface area (Å²) in [4.78, 5) is 16.5. The molecule has 1 aromatic carbocycles. The van der Waals surface area contributed by atoms with Gasteiger partial charge in [-0.2, -0.15) is 0 Å². The molecule has 0 spiro atoms. The summed E-state index contributed by atoms with van der Waals surface area (Å²) in [6.07, 6.45) is 5.84. The number of carbonyl (C=O) groups is 1. The summed E-state index contributed by atoms with van der Waals surface area (Å²) in [5.74, 6) is 0.720. The third-order valence-corrected chi connectivity index (χ3v) is 4.00. The molecule has 0 bridgehead atoms. The predicted molar refractivity (Wildman–Crippen MR) is 92.0 cm³/mol. The van der Waals surface area contributed by atoms with Crippen LogP contribution in [-0.4, -0.2) is 37.0 Å². The molecule has 3 rings (SSSR count). The van der Waals surface area contributed by atoms with Crippen LogP contribution in [0.25, 0.3) is 6.08 Å². The van der Waals surface area contributed by atoms with Crippen molar-refractivity contribution in [3.63, 3.8) is 0 Å². The number of hydrogen-bond donors (Lipinski definition) is 1. The van der Waals surface area contributed by atoms with Crippen molar-refractivity contribution in [1.29, 1.82) is 0 Å². The van der Waals surface area contributed by atoms with Crippen LogP contribution in [0.3, 0.4) is 0 Å². The van der Waals surface area contributed by atoms with Gasteiger partial charge in [0.1, 0.15) is 5.76 Å². The van der Waals surface area contributed by atoms with E-state index in [0.717, 1.165) is 37.4 Å². The molecule has 0 atom stereocenters. The molecule has 0 saturated carbocycles. The van der Waals surface area contributed by atoms with Gasteiger partial charge in [0, 0.05) is 43.6 Å². The van der Waals surface area contributed by atoms with Crippen LogP contribution < -0.4 is 10.6 Å². The molecule has 1 amide bonds. The van der Waals surface area contributed by atoms with Crippen molar-refractivity contribution < 1.29 is 9.21 Å². The molecule has 1 aromatic heterocycles. The van der Waals surface area contributed by atoms with E-state index in [-0.39, 0.29) is 5.91 Å². The van der Waals surface area contributed by atoms with E-state index in [2.05, 4.69) is 4.90 Å². The number of anilines is 2. The Hall–Kier alpha value is -2.69. The molecule has 2 heterocycles. The minimum atomic E-state index is 0.0283. The Labute approximate surface area is 136 Å². The largest absolute Gasteiger partial charge is 0.465 e. The number of rotatable bonds is 3. The van der Waals surface area contributed by atoms with Gasteiger partial charge >= 0.3 is 0 Å². The summed E-state index contributed by atoms with van der Waals surface area (Å²) in [7, 11) is 0. The zero-order valence-electron chi connectivity index (χ0n) is 13.0. The van der Waals surface area contributed by atoms with Crippen LogP contribution in [0.4, 0.5) is 11.4 Å². The molecule has 1 fully saturated rings. The molecule has 0 radical (unpaired) electrons. The molecular formula is C18H21N3O2. The Morgan fingerprint density at radius 2 is 1.91 bits per heavy atom. The first-order chi connectivity index (χ1) is 11.2. The molecule has 1 saturated heterocycles. The van der Waals surface area contributed by atoms with Gasteiger partial charge in [-0.05, 0) is 48.9 Å². The summed E-state index contributed by atoms with van der Waals surface area (Å²) >= 11 is 0. The monoisotopic (exact) mass is 311 g/mol. The number of nitrogens with two attached hydrogens (primary N) is 1. The SMILES string of the molecule is Nc1ccc(N2CCCN(C(=O)/C=C/c3ccco3)CC2)cc1. The highest BCUT2D eigenvalue weighted by Crippen LogP contribution is 2.18. The lowest BCUT2D eigenvalue weighted by Crippen LogP contribution is -2.34. The van der Waals surface area contributed by atoms with Crippen molar-refractivity contribution >= 4 is 23.4 Å². The Morgan fingerprint density at radius 1 is 1.09 bits per heavy atom. The summed E-state index contributed by atoms with van der Waals surface area (Å²) in [5, 5.41) is 0. The number of hydrogen-bond acceptors (Lipinski definition) is 4. The molecule has 1 aliphatic heterocycles. The number of furan rings is 1. The van der Waals surface area contributed by atoms with Crippen molar-refractivity contribution in [1.82, 2.24) is 4.90 Å². The lowest BCUT2D eigenvalue weighted by Gasteiger charge is -2.23. The van der Waals surface area contributed by atoms with E-state index in [1.165, 1.54) is 0 Å². The zero-order chi connectivity index (χ0) is 16.1. The molecule has 120 valence electrons. The summed E-state index contributed by atoms with van der Waals surface area (Å²) < 4.78 is 5.20. The second-order valence-corrected chi connectivity index (χ2v) is 5.61. The number of nitrogens with zero attached hydrogens (tertiary/aromatic N) is 2. The second-order valence-electron chi connectivity index (χ2n) is 5.61. The van der Waals surface area contributed by atoms with E-state index in [9.17, 15) is 4.79 Å². The van der Waals surface area contributed by atoms with Gasteiger partial charge in [-0.1, -0.05) is 0 Å². The fourth-order valence-corrected chi connectivity index (χ4v) is 2.73. The maximum Gasteiger partial charge on any atom is 0.246 e. The van der Waals surface area contributed by atoms with Crippen LogP contribution in [0.1, 0.15) is 12.2 Å². The fraction of sp³-hybridized carbons (Fsp3) is 0.278. The first-order valence-corrected chi connectivity index (χ1v) is 7.83. The smallest absolute Gasteiger partial charge is 0.246 e. The van der Waals surface area contributed by atoms with Crippen molar-refractivity contribution in [2.24, 2.45) is 0 Å². The normalized spacial score (nSPS) is 15.8. The second kappa shape index (κ2) is 7.05. The van der Waals surface area contributed by atoms with Crippen LogP contribution in [0.15, 0.2) is 53.2 Å². The van der Waals surface area contributed by atoms with Gasteiger partial charge in [0.15, 0.2) is 0 Å². The summed E-state index contributed by atoms with van der Waals surface area (Å²) in [6, 6.07) is 11.5. The van der Waals surface area contributed by atoms with Crippen molar-refractivity contribution in [3.8, 4) is 0 Å². The predicted octanol–water partition coefficient (Wildman–Crippen LogP) is 2.61. The molecule has 0 unspecified atom stereocenters. The van der Waals surface area contributed by atoms with E-state index in [0.29, 0.717) is 12.3 Å². The van der Waals surface area contributed by atoms with E-state index in [1.54, 1.807) is 24.5 Å². The van der Waals surface area contributed by atoms with Crippen LogP contribution in [0.5, 0.6) is 0 Å². The molecule has 1 aliphatic rings. The van der Waals surface area contributed by atoms with Crippen LogP contribution in [-0.2, 0) is 4.79 Å². The summed E-state index contributed by atoms with van der Waals surface area (Å²) in [6.45, 7) is 3.25. The maximum atomic E-state index is 12.3.